The van der Waals surface area contributed by atoms with Gasteiger partial charge in [-0.25, -0.2) is 0 Å². The third kappa shape index (κ3) is 2.82. The summed E-state index contributed by atoms with van der Waals surface area (Å²) in [5, 5.41) is 48.4. The minimum Gasteiger partial charge on any atom is -0.396 e. The molecule has 0 aromatic heterocycles. The molecule has 134 valence electrons. The van der Waals surface area contributed by atoms with Crippen LogP contribution >= 0.6 is 0 Å². The number of aliphatic hydroxyl groups excluding tert-OH is 5. The zero-order chi connectivity index (χ0) is 16.8. The fourth-order valence-corrected chi connectivity index (χ4v) is 4.65. The van der Waals surface area contributed by atoms with Gasteiger partial charge in [0.15, 0.2) is 6.29 Å². The number of hydrogen-bond acceptors (Lipinski definition) is 7. The molecule has 3 saturated carbocycles. The van der Waals surface area contributed by atoms with Gasteiger partial charge in [0.05, 0.1) is 13.2 Å². The largest absolute Gasteiger partial charge is 0.396 e. The van der Waals surface area contributed by atoms with Crippen LogP contribution in [0.15, 0.2) is 0 Å². The van der Waals surface area contributed by atoms with Crippen LogP contribution in [-0.2, 0) is 9.47 Å². The van der Waals surface area contributed by atoms with Crippen molar-refractivity contribution in [2.75, 3.05) is 19.8 Å². The van der Waals surface area contributed by atoms with Gasteiger partial charge in [-0.1, -0.05) is 6.92 Å². The minimum absolute atomic E-state index is 0.0400. The Morgan fingerprint density at radius 1 is 1.09 bits per heavy atom. The van der Waals surface area contributed by atoms with E-state index in [1.165, 1.54) is 0 Å². The van der Waals surface area contributed by atoms with Crippen molar-refractivity contribution in [3.05, 3.63) is 0 Å². The summed E-state index contributed by atoms with van der Waals surface area (Å²) in [6, 6.07) is 0. The molecule has 23 heavy (non-hydrogen) atoms. The Kier molecular flexibility index (Phi) is 5.00. The molecule has 5 N–H and O–H groups in total. The van der Waals surface area contributed by atoms with E-state index in [4.69, 9.17) is 9.47 Å². The number of hydrogen-bond donors (Lipinski definition) is 5. The van der Waals surface area contributed by atoms with E-state index in [0.29, 0.717) is 18.4 Å². The van der Waals surface area contributed by atoms with Crippen molar-refractivity contribution >= 4 is 0 Å². The van der Waals surface area contributed by atoms with Gasteiger partial charge in [0, 0.05) is 6.61 Å². The van der Waals surface area contributed by atoms with Gasteiger partial charge < -0.3 is 35.0 Å². The molecule has 0 radical (unpaired) electrons. The van der Waals surface area contributed by atoms with E-state index in [1.54, 1.807) is 0 Å². The Morgan fingerprint density at radius 3 is 2.43 bits per heavy atom. The Balaban J connectivity index is 1.57. The number of ether oxygens (including phenoxy) is 2. The molecular weight excluding hydrogens is 304 g/mol. The lowest BCUT2D eigenvalue weighted by Gasteiger charge is -2.61. The second-order valence-electron chi connectivity index (χ2n) is 7.57. The first kappa shape index (κ1) is 17.5. The van der Waals surface area contributed by atoms with Crippen LogP contribution in [0, 0.1) is 23.2 Å². The van der Waals surface area contributed by atoms with Gasteiger partial charge in [-0.15, -0.1) is 0 Å². The monoisotopic (exact) mass is 332 g/mol. The van der Waals surface area contributed by atoms with Crippen molar-refractivity contribution in [2.45, 2.75) is 56.9 Å². The molecule has 9 atom stereocenters. The highest BCUT2D eigenvalue weighted by atomic mass is 16.7. The summed E-state index contributed by atoms with van der Waals surface area (Å²) < 4.78 is 11.0. The number of aliphatic hydroxyl groups is 5. The fourth-order valence-electron chi connectivity index (χ4n) is 4.65. The maximum Gasteiger partial charge on any atom is 0.186 e. The molecule has 4 aliphatic rings. The Morgan fingerprint density at radius 2 is 1.83 bits per heavy atom. The highest BCUT2D eigenvalue weighted by Crippen LogP contribution is 2.61. The molecule has 0 aromatic carbocycles. The van der Waals surface area contributed by atoms with Crippen LogP contribution in [0.4, 0.5) is 0 Å². The number of rotatable bonds is 5. The molecule has 0 unspecified atom stereocenters. The molecule has 7 nitrogen and oxygen atoms in total. The SMILES string of the molecule is C[C@]1(CO)[C@@H]2CC[C@H](CO[C@H]3O[C@@H](CO)[C@H](O)[C@@H](O)[C@@H]3O)[C@H]1C2. The summed E-state index contributed by atoms with van der Waals surface area (Å²) in [6.45, 7) is 2.21. The predicted octanol–water partition coefficient (Wildman–Crippen LogP) is -1.15. The summed E-state index contributed by atoms with van der Waals surface area (Å²) in [5.41, 5.74) is -0.0400. The molecule has 4 fully saturated rings. The van der Waals surface area contributed by atoms with Crippen LogP contribution < -0.4 is 0 Å². The van der Waals surface area contributed by atoms with E-state index in [2.05, 4.69) is 6.92 Å². The van der Waals surface area contributed by atoms with Crippen LogP contribution in [-0.4, -0.2) is 76.1 Å². The molecule has 1 aliphatic heterocycles. The predicted molar refractivity (Wildman–Crippen MR) is 79.2 cm³/mol. The van der Waals surface area contributed by atoms with Crippen molar-refractivity contribution in [1.82, 2.24) is 0 Å². The Labute approximate surface area is 135 Å². The molecule has 0 aromatic rings. The topological polar surface area (TPSA) is 120 Å². The minimum atomic E-state index is -1.41. The van der Waals surface area contributed by atoms with Crippen molar-refractivity contribution in [1.29, 1.82) is 0 Å². The van der Waals surface area contributed by atoms with E-state index in [0.717, 1.165) is 19.3 Å². The first-order chi connectivity index (χ1) is 10.9. The maximum absolute atomic E-state index is 9.99. The third-order valence-corrected chi connectivity index (χ3v) is 6.44. The second kappa shape index (κ2) is 6.55. The van der Waals surface area contributed by atoms with Crippen molar-refractivity contribution in [2.24, 2.45) is 23.2 Å². The average molecular weight is 332 g/mol. The summed E-state index contributed by atoms with van der Waals surface area (Å²) in [6.07, 6.45) is -2.96. The van der Waals surface area contributed by atoms with Crippen LogP contribution in [0.2, 0.25) is 0 Å². The Bertz CT molecular complexity index is 415. The first-order valence-electron chi connectivity index (χ1n) is 8.45. The van der Waals surface area contributed by atoms with Gasteiger partial charge in [-0.05, 0) is 42.4 Å². The van der Waals surface area contributed by atoms with Gasteiger partial charge in [-0.2, -0.15) is 0 Å². The van der Waals surface area contributed by atoms with Crippen LogP contribution in [0.1, 0.15) is 26.2 Å². The lowest BCUT2D eigenvalue weighted by atomic mass is 9.45. The molecule has 2 bridgehead atoms. The highest BCUT2D eigenvalue weighted by molar-refractivity contribution is 5.05. The third-order valence-electron chi connectivity index (χ3n) is 6.44. The molecule has 1 saturated heterocycles. The van der Waals surface area contributed by atoms with E-state index < -0.39 is 37.3 Å². The normalized spacial score (nSPS) is 53.0. The lowest BCUT2D eigenvalue weighted by molar-refractivity contribution is -0.307. The van der Waals surface area contributed by atoms with Gasteiger partial charge in [0.2, 0.25) is 0 Å². The van der Waals surface area contributed by atoms with Gasteiger partial charge >= 0.3 is 0 Å². The molecule has 1 heterocycles. The summed E-state index contributed by atoms with van der Waals surface area (Å²) in [4.78, 5) is 0. The molecule has 4 rings (SSSR count). The summed E-state index contributed by atoms with van der Waals surface area (Å²) in [5.74, 6) is 1.27. The van der Waals surface area contributed by atoms with E-state index >= 15 is 0 Å². The van der Waals surface area contributed by atoms with Crippen molar-refractivity contribution in [3.8, 4) is 0 Å². The average Bonchev–Trinajstić information content (AvgIpc) is 2.58. The first-order valence-corrected chi connectivity index (χ1v) is 8.45. The molecular formula is C16H28O7. The van der Waals surface area contributed by atoms with Gasteiger partial charge in [-0.3, -0.25) is 0 Å². The van der Waals surface area contributed by atoms with Crippen LogP contribution in [0.5, 0.6) is 0 Å². The number of fused-ring (bicyclic) bond motifs is 2. The standard InChI is InChI=1S/C16H28O7/c1-16(7-18)9-3-2-8(10(16)4-9)6-22-15-14(21)13(20)12(19)11(5-17)23-15/h8-15,17-21H,2-7H2,1H3/t8-,9-,10-,11+,12+,13-,14+,15+,16+/m1/s1. The fraction of sp³-hybridized carbons (Fsp3) is 1.00. The van der Waals surface area contributed by atoms with Gasteiger partial charge in [0.1, 0.15) is 24.4 Å². The molecule has 7 heteroatoms. The zero-order valence-corrected chi connectivity index (χ0v) is 13.4. The van der Waals surface area contributed by atoms with Crippen LogP contribution in [0.3, 0.4) is 0 Å². The zero-order valence-electron chi connectivity index (χ0n) is 13.4. The van der Waals surface area contributed by atoms with Gasteiger partial charge in [0.25, 0.3) is 0 Å². The van der Waals surface area contributed by atoms with Crippen molar-refractivity contribution < 1.29 is 35.0 Å². The summed E-state index contributed by atoms with van der Waals surface area (Å²) in [7, 11) is 0. The van der Waals surface area contributed by atoms with E-state index in [-0.39, 0.29) is 17.9 Å². The smallest absolute Gasteiger partial charge is 0.186 e. The highest BCUT2D eigenvalue weighted by Gasteiger charge is 2.57. The summed E-state index contributed by atoms with van der Waals surface area (Å²) >= 11 is 0. The van der Waals surface area contributed by atoms with E-state index in [1.807, 2.05) is 0 Å². The lowest BCUT2D eigenvalue weighted by Crippen LogP contribution is -2.60. The Hall–Kier alpha value is -0.280. The molecule has 0 spiro atoms. The van der Waals surface area contributed by atoms with Crippen molar-refractivity contribution in [3.63, 3.8) is 0 Å². The molecule has 0 amide bonds. The molecule has 3 aliphatic carbocycles. The van der Waals surface area contributed by atoms with E-state index in [9.17, 15) is 25.5 Å². The second-order valence-corrected chi connectivity index (χ2v) is 7.57. The van der Waals surface area contributed by atoms with Crippen LogP contribution in [0.25, 0.3) is 0 Å². The quantitative estimate of drug-likeness (QED) is 0.431. The maximum atomic E-state index is 9.99.